The SMILES string of the molecule is CCOC(=O)C1=C(C)N(c2ccccc2)c2ccc(Cl)cc2[C@@H]1c1ccccc1. The molecule has 29 heavy (non-hydrogen) atoms. The van der Waals surface area contributed by atoms with Gasteiger partial charge in [-0.1, -0.05) is 60.1 Å². The largest absolute Gasteiger partial charge is 0.463 e. The fraction of sp³-hybridized carbons (Fsp3) is 0.160. The van der Waals surface area contributed by atoms with Crippen LogP contribution in [0, 0.1) is 0 Å². The van der Waals surface area contributed by atoms with Crippen LogP contribution in [-0.2, 0) is 9.53 Å². The number of allylic oxidation sites excluding steroid dienone is 1. The second kappa shape index (κ2) is 8.14. The Morgan fingerprint density at radius 2 is 1.66 bits per heavy atom. The number of para-hydroxylation sites is 1. The van der Waals surface area contributed by atoms with E-state index >= 15 is 0 Å². The fourth-order valence-electron chi connectivity index (χ4n) is 4.00. The summed E-state index contributed by atoms with van der Waals surface area (Å²) in [7, 11) is 0. The molecule has 0 saturated carbocycles. The van der Waals surface area contributed by atoms with Crippen molar-refractivity contribution in [2.24, 2.45) is 0 Å². The number of fused-ring (bicyclic) bond motifs is 1. The quantitative estimate of drug-likeness (QED) is 0.468. The van der Waals surface area contributed by atoms with Crippen molar-refractivity contribution in [1.29, 1.82) is 0 Å². The van der Waals surface area contributed by atoms with Gasteiger partial charge in [-0.2, -0.15) is 0 Å². The number of anilines is 2. The summed E-state index contributed by atoms with van der Waals surface area (Å²) >= 11 is 6.40. The highest BCUT2D eigenvalue weighted by molar-refractivity contribution is 6.30. The number of carbonyl (C=O) groups is 1. The van der Waals surface area contributed by atoms with Crippen molar-refractivity contribution in [2.75, 3.05) is 11.5 Å². The van der Waals surface area contributed by atoms with Gasteiger partial charge in [0.15, 0.2) is 0 Å². The van der Waals surface area contributed by atoms with Crippen molar-refractivity contribution in [3.8, 4) is 0 Å². The maximum Gasteiger partial charge on any atom is 0.336 e. The molecule has 0 spiro atoms. The number of hydrogen-bond acceptors (Lipinski definition) is 3. The zero-order valence-electron chi connectivity index (χ0n) is 16.4. The number of carbonyl (C=O) groups excluding carboxylic acids is 1. The molecule has 146 valence electrons. The van der Waals surface area contributed by atoms with Gasteiger partial charge >= 0.3 is 5.97 Å². The molecule has 0 amide bonds. The Balaban J connectivity index is 2.01. The molecule has 1 aliphatic heterocycles. The van der Waals surface area contributed by atoms with Crippen LogP contribution in [0.4, 0.5) is 11.4 Å². The molecule has 0 aromatic heterocycles. The van der Waals surface area contributed by atoms with Gasteiger partial charge < -0.3 is 9.64 Å². The number of esters is 1. The Kier molecular flexibility index (Phi) is 5.41. The number of halogens is 1. The Morgan fingerprint density at radius 1 is 1.00 bits per heavy atom. The molecule has 0 fully saturated rings. The van der Waals surface area contributed by atoms with Gasteiger partial charge in [0.05, 0.1) is 17.9 Å². The maximum absolute atomic E-state index is 13.1. The summed E-state index contributed by atoms with van der Waals surface area (Å²) in [5, 5.41) is 0.639. The average molecular weight is 404 g/mol. The molecule has 0 radical (unpaired) electrons. The topological polar surface area (TPSA) is 29.5 Å². The summed E-state index contributed by atoms with van der Waals surface area (Å²) < 4.78 is 5.48. The van der Waals surface area contributed by atoms with Gasteiger partial charge in [-0.25, -0.2) is 4.79 Å². The Morgan fingerprint density at radius 3 is 2.31 bits per heavy atom. The van der Waals surface area contributed by atoms with E-state index in [0.717, 1.165) is 28.2 Å². The number of nitrogens with zero attached hydrogens (tertiary/aromatic N) is 1. The third-order valence-electron chi connectivity index (χ3n) is 5.20. The van der Waals surface area contributed by atoms with Crippen molar-refractivity contribution in [3.63, 3.8) is 0 Å². The first-order chi connectivity index (χ1) is 14.1. The third-order valence-corrected chi connectivity index (χ3v) is 5.43. The minimum Gasteiger partial charge on any atom is -0.463 e. The van der Waals surface area contributed by atoms with Gasteiger partial charge in [0.2, 0.25) is 0 Å². The van der Waals surface area contributed by atoms with Crippen molar-refractivity contribution in [1.82, 2.24) is 0 Å². The summed E-state index contributed by atoms with van der Waals surface area (Å²) in [6.45, 7) is 4.13. The minimum absolute atomic E-state index is 0.246. The van der Waals surface area contributed by atoms with E-state index in [1.165, 1.54) is 0 Å². The predicted octanol–water partition coefficient (Wildman–Crippen LogP) is 6.46. The normalized spacial score (nSPS) is 15.8. The molecule has 0 N–H and O–H groups in total. The van der Waals surface area contributed by atoms with E-state index in [4.69, 9.17) is 16.3 Å². The van der Waals surface area contributed by atoms with Crippen molar-refractivity contribution in [3.05, 3.63) is 106 Å². The highest BCUT2D eigenvalue weighted by Gasteiger charge is 2.37. The first-order valence-corrected chi connectivity index (χ1v) is 10.1. The Labute approximate surface area is 176 Å². The van der Waals surface area contributed by atoms with E-state index in [1.54, 1.807) is 0 Å². The van der Waals surface area contributed by atoms with Gasteiger partial charge in [-0.05, 0) is 55.3 Å². The lowest BCUT2D eigenvalue weighted by atomic mass is 9.80. The standard InChI is InChI=1S/C25H22ClNO2/c1-3-29-25(28)23-17(2)27(20-12-8-5-9-13-20)22-15-14-19(26)16-21(22)24(23)18-10-6-4-7-11-18/h4-16,24H,3H2,1-2H3/t24-/m0/s1. The first kappa shape index (κ1) is 19.3. The maximum atomic E-state index is 13.1. The van der Waals surface area contributed by atoms with Crippen LogP contribution in [0.2, 0.25) is 5.02 Å². The lowest BCUT2D eigenvalue weighted by Crippen LogP contribution is -2.30. The fourth-order valence-corrected chi connectivity index (χ4v) is 4.18. The van der Waals surface area contributed by atoms with Gasteiger partial charge in [0.25, 0.3) is 0 Å². The van der Waals surface area contributed by atoms with Crippen LogP contribution >= 0.6 is 11.6 Å². The zero-order valence-corrected chi connectivity index (χ0v) is 17.2. The number of ether oxygens (including phenoxy) is 1. The Hall–Kier alpha value is -3.04. The van der Waals surface area contributed by atoms with Crippen LogP contribution in [0.15, 0.2) is 90.1 Å². The Bertz CT molecular complexity index is 1060. The van der Waals surface area contributed by atoms with E-state index in [-0.39, 0.29) is 11.9 Å². The summed E-state index contributed by atoms with van der Waals surface area (Å²) in [4.78, 5) is 15.2. The summed E-state index contributed by atoms with van der Waals surface area (Å²) in [6.07, 6.45) is 0. The molecule has 3 nitrogen and oxygen atoms in total. The molecule has 0 bridgehead atoms. The second-order valence-corrected chi connectivity index (χ2v) is 7.37. The number of benzene rings is 3. The minimum atomic E-state index is -0.301. The molecular weight excluding hydrogens is 382 g/mol. The van der Waals surface area contributed by atoms with Crippen molar-refractivity contribution in [2.45, 2.75) is 19.8 Å². The highest BCUT2D eigenvalue weighted by Crippen LogP contribution is 2.48. The summed E-state index contributed by atoms with van der Waals surface area (Å²) in [5.41, 5.74) is 5.52. The zero-order chi connectivity index (χ0) is 20.4. The monoisotopic (exact) mass is 403 g/mol. The van der Waals surface area contributed by atoms with E-state index in [1.807, 2.05) is 92.7 Å². The average Bonchev–Trinajstić information content (AvgIpc) is 2.74. The van der Waals surface area contributed by atoms with E-state index in [2.05, 4.69) is 4.90 Å². The van der Waals surface area contributed by atoms with E-state index in [0.29, 0.717) is 17.2 Å². The second-order valence-electron chi connectivity index (χ2n) is 6.94. The van der Waals surface area contributed by atoms with Gasteiger partial charge in [-0.3, -0.25) is 0 Å². The van der Waals surface area contributed by atoms with Crippen molar-refractivity contribution < 1.29 is 9.53 Å². The molecule has 0 saturated heterocycles. The summed E-state index contributed by atoms with van der Waals surface area (Å²) in [5.74, 6) is -0.547. The molecular formula is C25H22ClNO2. The van der Waals surface area contributed by atoms with Crippen LogP contribution in [0.1, 0.15) is 30.9 Å². The smallest absolute Gasteiger partial charge is 0.336 e. The predicted molar refractivity (Wildman–Crippen MR) is 118 cm³/mol. The van der Waals surface area contributed by atoms with Gasteiger partial charge in [-0.15, -0.1) is 0 Å². The van der Waals surface area contributed by atoms with Crippen LogP contribution in [-0.4, -0.2) is 12.6 Å². The van der Waals surface area contributed by atoms with Crippen molar-refractivity contribution >= 4 is 28.9 Å². The van der Waals surface area contributed by atoms with Crippen LogP contribution < -0.4 is 4.90 Å². The highest BCUT2D eigenvalue weighted by atomic mass is 35.5. The molecule has 4 rings (SSSR count). The van der Waals surface area contributed by atoms with Crippen LogP contribution in [0.3, 0.4) is 0 Å². The number of hydrogen-bond donors (Lipinski definition) is 0. The van der Waals surface area contributed by atoms with E-state index < -0.39 is 0 Å². The molecule has 4 heteroatoms. The molecule has 0 aliphatic carbocycles. The number of rotatable bonds is 4. The lowest BCUT2D eigenvalue weighted by molar-refractivity contribution is -0.138. The van der Waals surface area contributed by atoms with Crippen LogP contribution in [0.5, 0.6) is 0 Å². The van der Waals surface area contributed by atoms with Crippen LogP contribution in [0.25, 0.3) is 0 Å². The molecule has 0 unspecified atom stereocenters. The van der Waals surface area contributed by atoms with E-state index in [9.17, 15) is 4.79 Å². The molecule has 3 aromatic carbocycles. The lowest BCUT2D eigenvalue weighted by Gasteiger charge is -2.38. The molecule has 1 aliphatic rings. The molecule has 1 atom stereocenters. The molecule has 1 heterocycles. The summed E-state index contributed by atoms with van der Waals surface area (Å²) in [6, 6.07) is 25.9. The first-order valence-electron chi connectivity index (χ1n) is 9.69. The third kappa shape index (κ3) is 3.54. The van der Waals surface area contributed by atoms with Gasteiger partial charge in [0.1, 0.15) is 0 Å². The van der Waals surface area contributed by atoms with Gasteiger partial charge in [0, 0.05) is 22.3 Å². The molecule has 3 aromatic rings.